The van der Waals surface area contributed by atoms with Gasteiger partial charge in [-0.1, -0.05) is 24.3 Å². The van der Waals surface area contributed by atoms with Crippen LogP contribution in [0.2, 0.25) is 0 Å². The van der Waals surface area contributed by atoms with E-state index >= 15 is 0 Å². The molecule has 0 bridgehead atoms. The average molecular weight is 315 g/mol. The summed E-state index contributed by atoms with van der Waals surface area (Å²) in [5.41, 5.74) is 1.31. The smallest absolute Gasteiger partial charge is 0.118 e. The highest BCUT2D eigenvalue weighted by molar-refractivity contribution is 5.29. The van der Waals surface area contributed by atoms with E-state index in [4.69, 9.17) is 4.74 Å². The first kappa shape index (κ1) is 17.7. The van der Waals surface area contributed by atoms with Crippen LogP contribution in [0.5, 0.6) is 5.75 Å². The van der Waals surface area contributed by atoms with Crippen LogP contribution in [0.1, 0.15) is 11.6 Å². The molecule has 1 unspecified atom stereocenters. The van der Waals surface area contributed by atoms with Gasteiger partial charge in [-0.25, -0.2) is 0 Å². The zero-order valence-electron chi connectivity index (χ0n) is 14.2. The van der Waals surface area contributed by atoms with Crippen LogP contribution in [0.15, 0.2) is 49.6 Å². The third-order valence-corrected chi connectivity index (χ3v) is 4.31. The standard InChI is InChI=1S/C19H29N3O/c1-4-12-22(13-5-2)19(16-21-14-10-20-11-15-21)17-6-8-18(23-3)9-7-17/h4-9,19-20H,1-2,10-16H2,3H3. The summed E-state index contributed by atoms with van der Waals surface area (Å²) in [6, 6.07) is 8.76. The molecule has 0 amide bonds. The van der Waals surface area contributed by atoms with E-state index in [1.165, 1.54) is 5.56 Å². The maximum atomic E-state index is 5.29. The number of methoxy groups -OCH3 is 1. The van der Waals surface area contributed by atoms with Crippen LogP contribution in [0.3, 0.4) is 0 Å². The number of nitrogens with one attached hydrogen (secondary N) is 1. The Labute approximate surface area is 140 Å². The molecule has 0 radical (unpaired) electrons. The quantitative estimate of drug-likeness (QED) is 0.708. The number of piperazine rings is 1. The van der Waals surface area contributed by atoms with E-state index in [0.717, 1.165) is 51.6 Å². The van der Waals surface area contributed by atoms with Crippen molar-refractivity contribution < 1.29 is 4.74 Å². The number of benzene rings is 1. The molecule has 0 aliphatic carbocycles. The lowest BCUT2D eigenvalue weighted by Gasteiger charge is -2.36. The second kappa shape index (κ2) is 9.50. The van der Waals surface area contributed by atoms with Crippen molar-refractivity contribution in [3.05, 3.63) is 55.1 Å². The molecule has 1 aliphatic heterocycles. The van der Waals surface area contributed by atoms with Gasteiger partial charge >= 0.3 is 0 Å². The molecule has 0 spiro atoms. The number of ether oxygens (including phenoxy) is 1. The van der Waals surface area contributed by atoms with Gasteiger partial charge in [0.05, 0.1) is 7.11 Å². The van der Waals surface area contributed by atoms with Crippen LogP contribution in [0.4, 0.5) is 0 Å². The van der Waals surface area contributed by atoms with Crippen molar-refractivity contribution in [1.29, 1.82) is 0 Å². The first-order valence-corrected chi connectivity index (χ1v) is 8.31. The van der Waals surface area contributed by atoms with Crippen LogP contribution in [0, 0.1) is 0 Å². The van der Waals surface area contributed by atoms with Crippen molar-refractivity contribution in [2.45, 2.75) is 6.04 Å². The van der Waals surface area contributed by atoms with E-state index in [-0.39, 0.29) is 0 Å². The van der Waals surface area contributed by atoms with Crippen molar-refractivity contribution in [1.82, 2.24) is 15.1 Å². The van der Waals surface area contributed by atoms with Crippen LogP contribution in [0.25, 0.3) is 0 Å². The van der Waals surface area contributed by atoms with Crippen LogP contribution in [-0.2, 0) is 0 Å². The summed E-state index contributed by atoms with van der Waals surface area (Å²) in [6.07, 6.45) is 3.94. The molecule has 126 valence electrons. The largest absolute Gasteiger partial charge is 0.497 e. The zero-order valence-corrected chi connectivity index (χ0v) is 14.2. The summed E-state index contributed by atoms with van der Waals surface area (Å²) >= 11 is 0. The van der Waals surface area contributed by atoms with Crippen molar-refractivity contribution in [2.75, 3.05) is 52.9 Å². The SMILES string of the molecule is C=CCN(CC=C)C(CN1CCNCC1)c1ccc(OC)cc1. The third-order valence-electron chi connectivity index (χ3n) is 4.31. The van der Waals surface area contributed by atoms with Crippen LogP contribution < -0.4 is 10.1 Å². The van der Waals surface area contributed by atoms with Gasteiger partial charge in [0.1, 0.15) is 5.75 Å². The Morgan fingerprint density at radius 1 is 1.17 bits per heavy atom. The molecule has 1 aliphatic rings. The van der Waals surface area contributed by atoms with E-state index in [2.05, 4.69) is 40.4 Å². The topological polar surface area (TPSA) is 27.7 Å². The van der Waals surface area contributed by atoms with Crippen LogP contribution >= 0.6 is 0 Å². The van der Waals surface area contributed by atoms with Gasteiger partial charge in [0.2, 0.25) is 0 Å². The van der Waals surface area contributed by atoms with E-state index in [9.17, 15) is 0 Å². The molecule has 2 rings (SSSR count). The number of nitrogens with zero attached hydrogens (tertiary/aromatic N) is 2. The van der Waals surface area contributed by atoms with Gasteiger partial charge < -0.3 is 10.1 Å². The average Bonchev–Trinajstić information content (AvgIpc) is 2.61. The number of hydrogen-bond acceptors (Lipinski definition) is 4. The Hall–Kier alpha value is -1.62. The summed E-state index contributed by atoms with van der Waals surface area (Å²) < 4.78 is 5.29. The lowest BCUT2D eigenvalue weighted by atomic mass is 10.0. The van der Waals surface area contributed by atoms with Gasteiger partial charge in [0, 0.05) is 51.9 Å². The predicted octanol–water partition coefficient (Wildman–Crippen LogP) is 2.32. The third kappa shape index (κ3) is 5.20. The minimum atomic E-state index is 0.329. The molecule has 1 fully saturated rings. The highest BCUT2D eigenvalue weighted by atomic mass is 16.5. The minimum absolute atomic E-state index is 0.329. The molecule has 1 N–H and O–H groups in total. The maximum Gasteiger partial charge on any atom is 0.118 e. The van der Waals surface area contributed by atoms with Crippen LogP contribution in [-0.4, -0.2) is 62.7 Å². The summed E-state index contributed by atoms with van der Waals surface area (Å²) in [6.45, 7) is 14.9. The zero-order chi connectivity index (χ0) is 16.5. The summed E-state index contributed by atoms with van der Waals surface area (Å²) in [5.74, 6) is 0.897. The molecule has 1 aromatic carbocycles. The normalized spacial score (nSPS) is 17.0. The Morgan fingerprint density at radius 2 is 1.78 bits per heavy atom. The van der Waals surface area contributed by atoms with Gasteiger partial charge in [0.15, 0.2) is 0 Å². The highest BCUT2D eigenvalue weighted by Crippen LogP contribution is 2.24. The van der Waals surface area contributed by atoms with Crippen molar-refractivity contribution in [3.63, 3.8) is 0 Å². The van der Waals surface area contributed by atoms with Gasteiger partial charge in [-0.2, -0.15) is 0 Å². The number of hydrogen-bond donors (Lipinski definition) is 1. The Bertz CT molecular complexity index is 470. The molecule has 1 heterocycles. The molecule has 4 nitrogen and oxygen atoms in total. The fraction of sp³-hybridized carbons (Fsp3) is 0.474. The van der Waals surface area contributed by atoms with E-state index in [1.54, 1.807) is 7.11 Å². The highest BCUT2D eigenvalue weighted by Gasteiger charge is 2.22. The van der Waals surface area contributed by atoms with Gasteiger partial charge in [-0.3, -0.25) is 9.80 Å². The summed E-state index contributed by atoms with van der Waals surface area (Å²) in [5, 5.41) is 3.42. The maximum absolute atomic E-state index is 5.29. The second-order valence-corrected chi connectivity index (χ2v) is 5.87. The minimum Gasteiger partial charge on any atom is -0.497 e. The van der Waals surface area contributed by atoms with Gasteiger partial charge in [0.25, 0.3) is 0 Å². The van der Waals surface area contributed by atoms with Crippen molar-refractivity contribution in [2.24, 2.45) is 0 Å². The molecule has 1 saturated heterocycles. The van der Waals surface area contributed by atoms with Crippen molar-refractivity contribution in [3.8, 4) is 5.75 Å². The lowest BCUT2D eigenvalue weighted by molar-refractivity contribution is 0.148. The van der Waals surface area contributed by atoms with Gasteiger partial charge in [-0.15, -0.1) is 13.2 Å². The molecular formula is C19H29N3O. The van der Waals surface area contributed by atoms with Crippen molar-refractivity contribution >= 4 is 0 Å². The molecule has 0 saturated carbocycles. The van der Waals surface area contributed by atoms with Gasteiger partial charge in [-0.05, 0) is 17.7 Å². The number of rotatable bonds is 9. The lowest BCUT2D eigenvalue weighted by Crippen LogP contribution is -2.47. The molecule has 1 atom stereocenters. The predicted molar refractivity (Wildman–Crippen MR) is 97.0 cm³/mol. The second-order valence-electron chi connectivity index (χ2n) is 5.87. The fourth-order valence-corrected chi connectivity index (χ4v) is 3.06. The fourth-order valence-electron chi connectivity index (χ4n) is 3.06. The Balaban J connectivity index is 2.19. The van der Waals surface area contributed by atoms with E-state index in [1.807, 2.05) is 24.3 Å². The Morgan fingerprint density at radius 3 is 2.30 bits per heavy atom. The van der Waals surface area contributed by atoms with E-state index in [0.29, 0.717) is 6.04 Å². The molecule has 1 aromatic rings. The molecule has 23 heavy (non-hydrogen) atoms. The Kier molecular flexibility index (Phi) is 7.33. The summed E-state index contributed by atoms with van der Waals surface area (Å²) in [4.78, 5) is 4.95. The molecular weight excluding hydrogens is 286 g/mol. The first-order valence-electron chi connectivity index (χ1n) is 8.31. The monoisotopic (exact) mass is 315 g/mol. The first-order chi connectivity index (χ1) is 11.3. The molecule has 0 aromatic heterocycles. The van der Waals surface area contributed by atoms with E-state index < -0.39 is 0 Å². The summed E-state index contributed by atoms with van der Waals surface area (Å²) in [7, 11) is 1.70. The molecule has 4 heteroatoms.